The first-order chi connectivity index (χ1) is 13.9. The number of halogens is 1. The third kappa shape index (κ3) is 3.65. The molecule has 0 amide bonds. The van der Waals surface area contributed by atoms with Gasteiger partial charge < -0.3 is 4.52 Å². The van der Waals surface area contributed by atoms with Gasteiger partial charge in [0.1, 0.15) is 12.1 Å². The molecule has 1 fully saturated rings. The molecule has 1 unspecified atom stereocenters. The number of rotatable bonds is 5. The summed E-state index contributed by atoms with van der Waals surface area (Å²) in [5, 5.41) is 3.99. The van der Waals surface area contributed by atoms with Gasteiger partial charge in [-0.25, -0.2) is 22.8 Å². The monoisotopic (exact) mass is 417 g/mol. The highest BCUT2D eigenvalue weighted by Gasteiger charge is 2.36. The molecule has 0 radical (unpaired) electrons. The summed E-state index contributed by atoms with van der Waals surface area (Å²) in [7, 11) is -3.73. The van der Waals surface area contributed by atoms with E-state index in [0.29, 0.717) is 47.9 Å². The van der Waals surface area contributed by atoms with Crippen LogP contribution in [-0.2, 0) is 16.4 Å². The summed E-state index contributed by atoms with van der Waals surface area (Å²) < 4.78 is 46.1. The van der Waals surface area contributed by atoms with Crippen LogP contribution in [0.1, 0.15) is 36.4 Å². The van der Waals surface area contributed by atoms with Crippen LogP contribution in [-0.4, -0.2) is 45.9 Å². The summed E-state index contributed by atoms with van der Waals surface area (Å²) >= 11 is 0. The molecule has 3 heterocycles. The molecule has 152 valence electrons. The van der Waals surface area contributed by atoms with Crippen molar-refractivity contribution >= 4 is 10.0 Å². The standard InChI is InChI=1S/C19H20FN5O3S/c1-3-17-23-19(24-28-17)15-9-21-11-22-18(15)13-6-7-25(10-13)29(26,27)16-5-4-14(20)8-12(16)2/h4-5,8-9,11,13H,3,6-7,10H2,1-2H3. The Labute approximate surface area is 167 Å². The van der Waals surface area contributed by atoms with E-state index in [1.54, 1.807) is 13.1 Å². The quantitative estimate of drug-likeness (QED) is 0.629. The van der Waals surface area contributed by atoms with Gasteiger partial charge in [-0.3, -0.25) is 0 Å². The SMILES string of the molecule is CCc1nc(-c2cncnc2C2CCN(S(=O)(=O)c3ccc(F)cc3C)C2)no1. The summed E-state index contributed by atoms with van der Waals surface area (Å²) in [6, 6.07) is 3.71. The highest BCUT2D eigenvalue weighted by atomic mass is 32.2. The summed E-state index contributed by atoms with van der Waals surface area (Å²) in [5.74, 6) is 0.315. The van der Waals surface area contributed by atoms with E-state index >= 15 is 0 Å². The van der Waals surface area contributed by atoms with Crippen LogP contribution >= 0.6 is 0 Å². The van der Waals surface area contributed by atoms with Crippen LogP contribution in [0, 0.1) is 12.7 Å². The molecule has 8 nitrogen and oxygen atoms in total. The number of benzene rings is 1. The van der Waals surface area contributed by atoms with Gasteiger partial charge in [0.25, 0.3) is 0 Å². The lowest BCUT2D eigenvalue weighted by atomic mass is 10.00. The molecule has 1 aliphatic heterocycles. The lowest BCUT2D eigenvalue weighted by molar-refractivity contribution is 0.382. The fourth-order valence-electron chi connectivity index (χ4n) is 3.56. The average molecular weight is 417 g/mol. The number of nitrogens with zero attached hydrogens (tertiary/aromatic N) is 5. The highest BCUT2D eigenvalue weighted by molar-refractivity contribution is 7.89. The first kappa shape index (κ1) is 19.6. The van der Waals surface area contributed by atoms with E-state index in [9.17, 15) is 12.8 Å². The van der Waals surface area contributed by atoms with E-state index in [0.717, 1.165) is 6.07 Å². The maximum absolute atomic E-state index is 13.4. The molecule has 3 aromatic rings. The van der Waals surface area contributed by atoms with E-state index in [1.165, 1.54) is 22.8 Å². The van der Waals surface area contributed by atoms with Crippen molar-refractivity contribution in [1.82, 2.24) is 24.4 Å². The average Bonchev–Trinajstić information content (AvgIpc) is 3.38. The molecular weight excluding hydrogens is 397 g/mol. The minimum Gasteiger partial charge on any atom is -0.339 e. The normalized spacial score (nSPS) is 17.7. The van der Waals surface area contributed by atoms with E-state index in [4.69, 9.17) is 4.52 Å². The van der Waals surface area contributed by atoms with Gasteiger partial charge in [0, 0.05) is 31.6 Å². The van der Waals surface area contributed by atoms with Crippen molar-refractivity contribution in [3.05, 3.63) is 53.7 Å². The molecule has 10 heteroatoms. The lowest BCUT2D eigenvalue weighted by Gasteiger charge is -2.18. The first-order valence-corrected chi connectivity index (χ1v) is 10.7. The van der Waals surface area contributed by atoms with Crippen LogP contribution in [0.3, 0.4) is 0 Å². The zero-order valence-corrected chi connectivity index (χ0v) is 16.9. The van der Waals surface area contributed by atoms with Crippen molar-refractivity contribution in [1.29, 1.82) is 0 Å². The minimum absolute atomic E-state index is 0.119. The fraction of sp³-hybridized carbons (Fsp3) is 0.368. The van der Waals surface area contributed by atoms with Crippen LogP contribution in [0.5, 0.6) is 0 Å². The van der Waals surface area contributed by atoms with E-state index in [1.807, 2.05) is 6.92 Å². The Balaban J connectivity index is 1.62. The van der Waals surface area contributed by atoms with Gasteiger partial charge in [-0.1, -0.05) is 12.1 Å². The third-order valence-corrected chi connectivity index (χ3v) is 7.07. The molecule has 2 aromatic heterocycles. The van der Waals surface area contributed by atoms with Crippen molar-refractivity contribution in [3.63, 3.8) is 0 Å². The van der Waals surface area contributed by atoms with Gasteiger partial charge in [0.05, 0.1) is 16.2 Å². The molecular formula is C19H20FN5O3S. The number of aromatic nitrogens is 4. The van der Waals surface area contributed by atoms with E-state index < -0.39 is 15.8 Å². The Bertz CT molecular complexity index is 1150. The Kier molecular flexibility index (Phi) is 5.13. The van der Waals surface area contributed by atoms with Crippen LogP contribution in [0.2, 0.25) is 0 Å². The molecule has 0 N–H and O–H groups in total. The molecule has 0 spiro atoms. The van der Waals surface area contributed by atoms with Crippen LogP contribution in [0.15, 0.2) is 40.1 Å². The third-order valence-electron chi connectivity index (χ3n) is 5.05. The Morgan fingerprint density at radius 1 is 1.34 bits per heavy atom. The molecule has 1 saturated heterocycles. The molecule has 0 bridgehead atoms. The lowest BCUT2D eigenvalue weighted by Crippen LogP contribution is -2.29. The summed E-state index contributed by atoms with van der Waals surface area (Å²) in [6.45, 7) is 4.12. The smallest absolute Gasteiger partial charge is 0.243 e. The second kappa shape index (κ2) is 7.60. The first-order valence-electron chi connectivity index (χ1n) is 9.29. The predicted octanol–water partition coefficient (Wildman–Crippen LogP) is 2.71. The van der Waals surface area contributed by atoms with Crippen LogP contribution in [0.25, 0.3) is 11.4 Å². The van der Waals surface area contributed by atoms with Gasteiger partial charge in [-0.05, 0) is 37.1 Å². The van der Waals surface area contributed by atoms with Crippen LogP contribution < -0.4 is 0 Å². The summed E-state index contributed by atoms with van der Waals surface area (Å²) in [6.07, 6.45) is 4.26. The summed E-state index contributed by atoms with van der Waals surface area (Å²) in [5.41, 5.74) is 1.71. The largest absolute Gasteiger partial charge is 0.339 e. The highest BCUT2D eigenvalue weighted by Crippen LogP contribution is 2.34. The maximum atomic E-state index is 13.4. The van der Waals surface area contributed by atoms with Crippen molar-refractivity contribution < 1.29 is 17.3 Å². The molecule has 1 aromatic carbocycles. The molecule has 1 atom stereocenters. The minimum atomic E-state index is -3.73. The van der Waals surface area contributed by atoms with Gasteiger partial charge in [-0.15, -0.1) is 0 Å². The zero-order chi connectivity index (χ0) is 20.6. The summed E-state index contributed by atoms with van der Waals surface area (Å²) in [4.78, 5) is 12.9. The molecule has 1 aliphatic rings. The molecule has 0 saturated carbocycles. The zero-order valence-electron chi connectivity index (χ0n) is 16.0. The number of sulfonamides is 1. The number of hydrogen-bond donors (Lipinski definition) is 0. The van der Waals surface area contributed by atoms with Crippen molar-refractivity contribution in [2.24, 2.45) is 0 Å². The van der Waals surface area contributed by atoms with Gasteiger partial charge in [0.2, 0.25) is 21.7 Å². The maximum Gasteiger partial charge on any atom is 0.243 e. The fourth-order valence-corrected chi connectivity index (χ4v) is 5.26. The van der Waals surface area contributed by atoms with Crippen molar-refractivity contribution in [3.8, 4) is 11.4 Å². The molecule has 29 heavy (non-hydrogen) atoms. The second-order valence-corrected chi connectivity index (χ2v) is 8.85. The van der Waals surface area contributed by atoms with Gasteiger partial charge in [0.15, 0.2) is 0 Å². The van der Waals surface area contributed by atoms with Crippen molar-refractivity contribution in [2.45, 2.75) is 37.5 Å². The second-order valence-electron chi connectivity index (χ2n) is 6.95. The predicted molar refractivity (Wildman–Crippen MR) is 102 cm³/mol. The molecule has 0 aliphatic carbocycles. The van der Waals surface area contributed by atoms with E-state index in [2.05, 4.69) is 20.1 Å². The topological polar surface area (TPSA) is 102 Å². The van der Waals surface area contributed by atoms with Crippen LogP contribution in [0.4, 0.5) is 4.39 Å². The Morgan fingerprint density at radius 3 is 2.90 bits per heavy atom. The Hall–Kier alpha value is -2.72. The van der Waals surface area contributed by atoms with Gasteiger partial charge >= 0.3 is 0 Å². The van der Waals surface area contributed by atoms with Crippen molar-refractivity contribution in [2.75, 3.05) is 13.1 Å². The van der Waals surface area contributed by atoms with E-state index in [-0.39, 0.29) is 17.4 Å². The number of aryl methyl sites for hydroxylation is 2. The van der Waals surface area contributed by atoms with Gasteiger partial charge in [-0.2, -0.15) is 9.29 Å². The Morgan fingerprint density at radius 2 is 2.17 bits per heavy atom. The number of hydrogen-bond acceptors (Lipinski definition) is 7. The molecule has 4 rings (SSSR count).